The molecule has 0 saturated carbocycles. The van der Waals surface area contributed by atoms with Gasteiger partial charge in [0.05, 0.1) is 11.6 Å². The van der Waals surface area contributed by atoms with Crippen molar-refractivity contribution in [1.29, 1.82) is 0 Å². The fourth-order valence-electron chi connectivity index (χ4n) is 2.19. The Morgan fingerprint density at radius 2 is 1.84 bits per heavy atom. The molecule has 0 aliphatic rings. The summed E-state index contributed by atoms with van der Waals surface area (Å²) >= 11 is 3.55. The number of pyridine rings is 1. The van der Waals surface area contributed by atoms with Crippen molar-refractivity contribution in [2.24, 2.45) is 5.73 Å². The van der Waals surface area contributed by atoms with Crippen LogP contribution in [-0.4, -0.2) is 4.98 Å². The van der Waals surface area contributed by atoms with Crippen LogP contribution in [0.25, 0.3) is 10.9 Å². The van der Waals surface area contributed by atoms with Crippen LogP contribution in [0.5, 0.6) is 0 Å². The third-order valence-corrected chi connectivity index (χ3v) is 3.95. The monoisotopic (exact) mass is 312 g/mol. The van der Waals surface area contributed by atoms with E-state index in [2.05, 4.69) is 33.0 Å². The van der Waals surface area contributed by atoms with Gasteiger partial charge in [-0.25, -0.2) is 0 Å². The van der Waals surface area contributed by atoms with E-state index in [-0.39, 0.29) is 6.04 Å². The third-order valence-electron chi connectivity index (χ3n) is 3.23. The smallest absolute Gasteiger partial charge is 0.0702 e. The van der Waals surface area contributed by atoms with E-state index in [1.54, 1.807) is 6.20 Å². The summed E-state index contributed by atoms with van der Waals surface area (Å²) < 4.78 is 1.04. The maximum atomic E-state index is 6.36. The van der Waals surface area contributed by atoms with Gasteiger partial charge in [-0.2, -0.15) is 0 Å². The van der Waals surface area contributed by atoms with Gasteiger partial charge in [-0.15, -0.1) is 0 Å². The summed E-state index contributed by atoms with van der Waals surface area (Å²) in [4.78, 5) is 4.32. The first-order valence-corrected chi connectivity index (χ1v) is 6.90. The molecule has 0 fully saturated rings. The average Bonchev–Trinajstić information content (AvgIpc) is 2.46. The van der Waals surface area contributed by atoms with Gasteiger partial charge in [0.25, 0.3) is 0 Å². The number of aromatic nitrogens is 1. The SMILES string of the molecule is NC(c1ccc2ncccc2c1)c1ccccc1Br. The molecule has 1 atom stereocenters. The molecule has 2 aromatic carbocycles. The van der Waals surface area contributed by atoms with Gasteiger partial charge in [-0.3, -0.25) is 4.98 Å². The van der Waals surface area contributed by atoms with E-state index in [9.17, 15) is 0 Å². The molecule has 1 heterocycles. The highest BCUT2D eigenvalue weighted by Gasteiger charge is 2.12. The molecule has 3 heteroatoms. The van der Waals surface area contributed by atoms with Gasteiger partial charge in [-0.1, -0.05) is 46.3 Å². The number of rotatable bonds is 2. The number of hydrogen-bond acceptors (Lipinski definition) is 2. The highest BCUT2D eigenvalue weighted by atomic mass is 79.9. The lowest BCUT2D eigenvalue weighted by Gasteiger charge is -2.14. The van der Waals surface area contributed by atoms with Gasteiger partial charge >= 0.3 is 0 Å². The number of nitrogens with two attached hydrogens (primary N) is 1. The Morgan fingerprint density at radius 1 is 1.00 bits per heavy atom. The molecule has 0 amide bonds. The zero-order valence-electron chi connectivity index (χ0n) is 10.3. The van der Waals surface area contributed by atoms with Crippen LogP contribution in [0.3, 0.4) is 0 Å². The Labute approximate surface area is 120 Å². The Kier molecular flexibility index (Phi) is 3.32. The van der Waals surface area contributed by atoms with Crippen LogP contribution in [0.1, 0.15) is 17.2 Å². The molecule has 1 unspecified atom stereocenters. The van der Waals surface area contributed by atoms with E-state index < -0.39 is 0 Å². The molecule has 3 rings (SSSR count). The highest BCUT2D eigenvalue weighted by Crippen LogP contribution is 2.28. The quantitative estimate of drug-likeness (QED) is 0.775. The number of fused-ring (bicyclic) bond motifs is 1. The third kappa shape index (κ3) is 2.39. The standard InChI is InChI=1S/C16H13BrN2/c17-14-6-2-1-5-13(14)16(18)12-7-8-15-11(10-12)4-3-9-19-15/h1-10,16H,18H2. The lowest BCUT2D eigenvalue weighted by molar-refractivity contribution is 0.867. The minimum atomic E-state index is -0.139. The molecule has 0 aliphatic heterocycles. The van der Waals surface area contributed by atoms with Crippen LogP contribution < -0.4 is 5.73 Å². The normalized spacial score (nSPS) is 12.5. The maximum absolute atomic E-state index is 6.36. The molecule has 19 heavy (non-hydrogen) atoms. The molecule has 0 radical (unpaired) electrons. The average molecular weight is 313 g/mol. The van der Waals surface area contributed by atoms with Crippen LogP contribution in [0.15, 0.2) is 65.3 Å². The topological polar surface area (TPSA) is 38.9 Å². The molecule has 3 aromatic rings. The van der Waals surface area contributed by atoms with Crippen molar-refractivity contribution in [2.75, 3.05) is 0 Å². The van der Waals surface area contributed by atoms with Crippen LogP contribution in [0.4, 0.5) is 0 Å². The summed E-state index contributed by atoms with van der Waals surface area (Å²) in [7, 11) is 0. The van der Waals surface area contributed by atoms with E-state index in [0.717, 1.165) is 26.5 Å². The van der Waals surface area contributed by atoms with Gasteiger partial charge < -0.3 is 5.73 Å². The largest absolute Gasteiger partial charge is 0.320 e. The van der Waals surface area contributed by atoms with Crippen molar-refractivity contribution < 1.29 is 0 Å². The molecule has 1 aromatic heterocycles. The highest BCUT2D eigenvalue weighted by molar-refractivity contribution is 9.10. The van der Waals surface area contributed by atoms with Crippen molar-refractivity contribution in [1.82, 2.24) is 4.98 Å². The predicted octanol–water partition coefficient (Wildman–Crippen LogP) is 4.05. The molecule has 0 saturated heterocycles. The minimum absolute atomic E-state index is 0.139. The first-order chi connectivity index (χ1) is 9.25. The Bertz CT molecular complexity index is 725. The van der Waals surface area contributed by atoms with Crippen LogP contribution in [-0.2, 0) is 0 Å². The maximum Gasteiger partial charge on any atom is 0.0702 e. The van der Waals surface area contributed by atoms with Crippen molar-refractivity contribution in [2.45, 2.75) is 6.04 Å². The summed E-state index contributed by atoms with van der Waals surface area (Å²) in [5, 5.41) is 1.11. The number of nitrogens with zero attached hydrogens (tertiary/aromatic N) is 1. The Balaban J connectivity index is 2.07. The van der Waals surface area contributed by atoms with Crippen LogP contribution in [0, 0.1) is 0 Å². The van der Waals surface area contributed by atoms with Crippen molar-refractivity contribution in [3.05, 3.63) is 76.4 Å². The molecule has 2 N–H and O–H groups in total. The molecule has 2 nitrogen and oxygen atoms in total. The zero-order valence-corrected chi connectivity index (χ0v) is 11.8. The van der Waals surface area contributed by atoms with Gasteiger partial charge in [0.15, 0.2) is 0 Å². The summed E-state index contributed by atoms with van der Waals surface area (Å²) in [6.45, 7) is 0. The van der Waals surface area contributed by atoms with Gasteiger partial charge in [-0.05, 0) is 35.4 Å². The van der Waals surface area contributed by atoms with Crippen LogP contribution >= 0.6 is 15.9 Å². The lowest BCUT2D eigenvalue weighted by Crippen LogP contribution is -2.12. The molecular weight excluding hydrogens is 300 g/mol. The fraction of sp³-hybridized carbons (Fsp3) is 0.0625. The van der Waals surface area contributed by atoms with Gasteiger partial charge in [0.2, 0.25) is 0 Å². The number of hydrogen-bond donors (Lipinski definition) is 1. The van der Waals surface area contributed by atoms with E-state index in [1.807, 2.05) is 42.5 Å². The van der Waals surface area contributed by atoms with E-state index >= 15 is 0 Å². The second-order valence-electron chi connectivity index (χ2n) is 4.45. The second-order valence-corrected chi connectivity index (χ2v) is 5.31. The summed E-state index contributed by atoms with van der Waals surface area (Å²) in [6, 6.07) is 18.1. The van der Waals surface area contributed by atoms with E-state index in [1.165, 1.54) is 0 Å². The van der Waals surface area contributed by atoms with Crippen molar-refractivity contribution >= 4 is 26.8 Å². The molecular formula is C16H13BrN2. The Morgan fingerprint density at radius 3 is 2.68 bits per heavy atom. The van der Waals surface area contributed by atoms with Crippen molar-refractivity contribution in [3.63, 3.8) is 0 Å². The molecule has 0 aliphatic carbocycles. The van der Waals surface area contributed by atoms with Crippen molar-refractivity contribution in [3.8, 4) is 0 Å². The molecule has 94 valence electrons. The minimum Gasteiger partial charge on any atom is -0.320 e. The first kappa shape index (κ1) is 12.3. The number of benzene rings is 2. The lowest BCUT2D eigenvalue weighted by atomic mass is 9.98. The van der Waals surface area contributed by atoms with E-state index in [0.29, 0.717) is 0 Å². The predicted molar refractivity (Wildman–Crippen MR) is 81.9 cm³/mol. The van der Waals surface area contributed by atoms with Gasteiger partial charge in [0, 0.05) is 16.1 Å². The summed E-state index contributed by atoms with van der Waals surface area (Å²) in [6.07, 6.45) is 1.80. The molecule has 0 spiro atoms. The van der Waals surface area contributed by atoms with E-state index in [4.69, 9.17) is 5.73 Å². The number of halogens is 1. The molecule has 0 bridgehead atoms. The fourth-order valence-corrected chi connectivity index (χ4v) is 2.73. The Hall–Kier alpha value is -1.71. The second kappa shape index (κ2) is 5.11. The zero-order chi connectivity index (χ0) is 13.2. The first-order valence-electron chi connectivity index (χ1n) is 6.10. The summed E-state index contributed by atoms with van der Waals surface area (Å²) in [5.41, 5.74) is 9.53. The van der Waals surface area contributed by atoms with Gasteiger partial charge in [0.1, 0.15) is 0 Å². The van der Waals surface area contributed by atoms with Crippen LogP contribution in [0.2, 0.25) is 0 Å². The summed E-state index contributed by atoms with van der Waals surface area (Å²) in [5.74, 6) is 0.